The summed E-state index contributed by atoms with van der Waals surface area (Å²) in [4.78, 5) is 30.0. The number of aromatic nitrogens is 4. The Kier molecular flexibility index (Phi) is 5.57. The molecule has 2 aliphatic rings. The highest BCUT2D eigenvalue weighted by atomic mass is 16.2. The van der Waals surface area contributed by atoms with E-state index in [0.29, 0.717) is 17.0 Å². The zero-order valence-electron chi connectivity index (χ0n) is 18.9. The van der Waals surface area contributed by atoms with Gasteiger partial charge in [0.1, 0.15) is 11.5 Å². The lowest BCUT2D eigenvalue weighted by molar-refractivity contribution is 0.0919. The summed E-state index contributed by atoms with van der Waals surface area (Å²) < 4.78 is 2.27. The second-order valence-corrected chi connectivity index (χ2v) is 9.53. The van der Waals surface area contributed by atoms with Crippen molar-refractivity contribution in [3.63, 3.8) is 0 Å². The summed E-state index contributed by atoms with van der Waals surface area (Å²) >= 11 is 0. The molecule has 0 radical (unpaired) electrons. The van der Waals surface area contributed by atoms with Gasteiger partial charge in [0.25, 0.3) is 11.5 Å². The number of benzene rings is 1. The number of rotatable bonds is 4. The third-order valence-corrected chi connectivity index (χ3v) is 7.05. The first kappa shape index (κ1) is 20.9. The Balaban J connectivity index is 1.29. The summed E-state index contributed by atoms with van der Waals surface area (Å²) in [6.45, 7) is 5.25. The molecule has 1 amide bonds. The van der Waals surface area contributed by atoms with E-state index < -0.39 is 0 Å². The largest absolute Gasteiger partial charge is 0.348 e. The summed E-state index contributed by atoms with van der Waals surface area (Å²) in [5.41, 5.74) is 2.56. The molecule has 2 aromatic heterocycles. The topological polar surface area (TPSA) is 92.7 Å². The molecule has 32 heavy (non-hydrogen) atoms. The van der Waals surface area contributed by atoms with Gasteiger partial charge in [0.05, 0.1) is 16.8 Å². The molecule has 7 heteroatoms. The van der Waals surface area contributed by atoms with Crippen molar-refractivity contribution in [3.8, 4) is 0 Å². The first-order valence-electron chi connectivity index (χ1n) is 11.9. The maximum Gasteiger partial charge on any atom is 0.272 e. The molecule has 1 aromatic carbocycles. The third kappa shape index (κ3) is 3.74. The zero-order valence-corrected chi connectivity index (χ0v) is 18.9. The van der Waals surface area contributed by atoms with Crippen molar-refractivity contribution in [2.24, 2.45) is 0 Å². The molecule has 0 unspecified atom stereocenters. The molecule has 1 aliphatic carbocycles. The molecule has 5 rings (SSSR count). The molecule has 1 saturated carbocycles. The van der Waals surface area contributed by atoms with Crippen molar-refractivity contribution in [3.05, 3.63) is 57.5 Å². The summed E-state index contributed by atoms with van der Waals surface area (Å²) in [6, 6.07) is 7.82. The van der Waals surface area contributed by atoms with E-state index >= 15 is 0 Å². The van der Waals surface area contributed by atoms with Crippen molar-refractivity contribution in [1.29, 1.82) is 0 Å². The van der Waals surface area contributed by atoms with Crippen LogP contribution in [0.2, 0.25) is 0 Å². The summed E-state index contributed by atoms with van der Waals surface area (Å²) in [5, 5.41) is 11.9. The Morgan fingerprint density at radius 2 is 1.88 bits per heavy atom. The van der Waals surface area contributed by atoms with Crippen molar-refractivity contribution in [1.82, 2.24) is 25.1 Å². The minimum Gasteiger partial charge on any atom is -0.348 e. The number of hydrogen-bond donors (Lipinski definition) is 2. The number of nitrogens with zero attached hydrogens (tertiary/aromatic N) is 3. The van der Waals surface area contributed by atoms with Crippen molar-refractivity contribution in [2.75, 3.05) is 0 Å². The van der Waals surface area contributed by atoms with E-state index in [1.54, 1.807) is 0 Å². The smallest absolute Gasteiger partial charge is 0.272 e. The van der Waals surface area contributed by atoms with Crippen LogP contribution in [0.3, 0.4) is 0 Å². The second kappa shape index (κ2) is 8.52. The number of carbonyl (C=O) groups excluding carboxylic acids is 1. The van der Waals surface area contributed by atoms with Crippen LogP contribution in [0, 0.1) is 0 Å². The molecule has 0 spiro atoms. The lowest BCUT2D eigenvalue weighted by Crippen LogP contribution is -2.38. The average molecular weight is 434 g/mol. The Labute approximate surface area is 187 Å². The Morgan fingerprint density at radius 3 is 2.62 bits per heavy atom. The van der Waals surface area contributed by atoms with Crippen LogP contribution in [0.15, 0.2) is 29.1 Å². The molecule has 2 N–H and O–H groups in total. The lowest BCUT2D eigenvalue weighted by Gasteiger charge is -2.29. The molecule has 1 fully saturated rings. The third-order valence-electron chi connectivity index (χ3n) is 7.05. The fourth-order valence-corrected chi connectivity index (χ4v) is 5.41. The van der Waals surface area contributed by atoms with Crippen LogP contribution in [0.4, 0.5) is 0 Å². The van der Waals surface area contributed by atoms with Crippen molar-refractivity contribution < 1.29 is 4.79 Å². The first-order chi connectivity index (χ1) is 15.5. The Hall–Kier alpha value is -2.96. The molecule has 1 aliphatic heterocycles. The quantitative estimate of drug-likeness (QED) is 0.650. The van der Waals surface area contributed by atoms with Crippen LogP contribution in [0.25, 0.3) is 10.8 Å². The van der Waals surface area contributed by atoms with Gasteiger partial charge in [-0.15, -0.1) is 0 Å². The van der Waals surface area contributed by atoms with Crippen molar-refractivity contribution in [2.45, 2.75) is 83.2 Å². The molecule has 0 bridgehead atoms. The van der Waals surface area contributed by atoms with Gasteiger partial charge in [-0.05, 0) is 51.0 Å². The van der Waals surface area contributed by atoms with Gasteiger partial charge in [0.15, 0.2) is 0 Å². The number of aromatic amines is 1. The van der Waals surface area contributed by atoms with Gasteiger partial charge in [-0.2, -0.15) is 5.10 Å². The molecule has 3 aromatic rings. The highest BCUT2D eigenvalue weighted by Gasteiger charge is 2.29. The SMILES string of the molecule is CC(C)c1nc(C(=O)NC2CCC(c3n[nH]c(=O)c4ccccc34)CC2)c2n1CCCC2. The monoisotopic (exact) mass is 433 g/mol. The van der Waals surface area contributed by atoms with Gasteiger partial charge in [0.2, 0.25) is 0 Å². The number of imidazole rings is 1. The van der Waals surface area contributed by atoms with Gasteiger partial charge < -0.3 is 9.88 Å². The minimum atomic E-state index is -0.144. The minimum absolute atomic E-state index is 0.0291. The fourth-order valence-electron chi connectivity index (χ4n) is 5.41. The molecular formula is C25H31N5O2. The number of nitrogens with one attached hydrogen (secondary N) is 2. The molecule has 168 valence electrons. The summed E-state index contributed by atoms with van der Waals surface area (Å²) in [6.07, 6.45) is 6.88. The number of fused-ring (bicyclic) bond motifs is 2. The van der Waals surface area contributed by atoms with Crippen LogP contribution in [0.5, 0.6) is 0 Å². The van der Waals surface area contributed by atoms with E-state index in [4.69, 9.17) is 4.98 Å². The first-order valence-corrected chi connectivity index (χ1v) is 11.9. The summed E-state index contributed by atoms with van der Waals surface area (Å²) in [5.74, 6) is 1.60. The van der Waals surface area contributed by atoms with Gasteiger partial charge in [-0.1, -0.05) is 32.0 Å². The van der Waals surface area contributed by atoms with E-state index in [-0.39, 0.29) is 23.4 Å². The number of carbonyl (C=O) groups is 1. The molecular weight excluding hydrogens is 402 g/mol. The highest BCUT2D eigenvalue weighted by Crippen LogP contribution is 2.34. The molecule has 0 atom stereocenters. The Morgan fingerprint density at radius 1 is 1.12 bits per heavy atom. The standard InChI is InChI=1S/C25H31N5O2/c1-15(2)23-27-22(20-9-5-6-14-30(20)23)25(32)26-17-12-10-16(11-13-17)21-18-7-3-4-8-19(18)24(31)29-28-21/h3-4,7-8,15-17H,5-6,9-14H2,1-2H3,(H,26,32)(H,29,31). The highest BCUT2D eigenvalue weighted by molar-refractivity contribution is 5.94. The zero-order chi connectivity index (χ0) is 22.2. The van der Waals surface area contributed by atoms with Crippen LogP contribution in [-0.2, 0) is 13.0 Å². The number of H-pyrrole nitrogens is 1. The van der Waals surface area contributed by atoms with E-state index in [2.05, 4.69) is 33.9 Å². The van der Waals surface area contributed by atoms with E-state index in [1.165, 1.54) is 0 Å². The number of hydrogen-bond acceptors (Lipinski definition) is 4. The van der Waals surface area contributed by atoms with Gasteiger partial charge in [-0.25, -0.2) is 10.1 Å². The molecule has 0 saturated heterocycles. The van der Waals surface area contributed by atoms with Gasteiger partial charge in [-0.3, -0.25) is 9.59 Å². The maximum atomic E-state index is 13.1. The van der Waals surface area contributed by atoms with Crippen LogP contribution >= 0.6 is 0 Å². The lowest BCUT2D eigenvalue weighted by atomic mass is 9.82. The van der Waals surface area contributed by atoms with Crippen LogP contribution in [0.1, 0.15) is 91.9 Å². The average Bonchev–Trinajstić information content (AvgIpc) is 3.21. The van der Waals surface area contributed by atoms with E-state index in [1.807, 2.05) is 24.3 Å². The van der Waals surface area contributed by atoms with Crippen LogP contribution < -0.4 is 10.9 Å². The van der Waals surface area contributed by atoms with Gasteiger partial charge in [0, 0.05) is 29.8 Å². The number of amides is 1. The van der Waals surface area contributed by atoms with Gasteiger partial charge >= 0.3 is 0 Å². The predicted molar refractivity (Wildman–Crippen MR) is 124 cm³/mol. The van der Waals surface area contributed by atoms with E-state index in [9.17, 15) is 9.59 Å². The molecule has 3 heterocycles. The normalized spacial score (nSPS) is 21.0. The maximum absolute atomic E-state index is 13.1. The predicted octanol–water partition coefficient (Wildman–Crippen LogP) is 4.04. The van der Waals surface area contributed by atoms with E-state index in [0.717, 1.165) is 74.1 Å². The summed E-state index contributed by atoms with van der Waals surface area (Å²) in [7, 11) is 0. The van der Waals surface area contributed by atoms with Crippen molar-refractivity contribution >= 4 is 16.7 Å². The second-order valence-electron chi connectivity index (χ2n) is 9.53. The molecule has 7 nitrogen and oxygen atoms in total. The Bertz CT molecular complexity index is 1200. The fraction of sp³-hybridized carbons (Fsp3) is 0.520. The van der Waals surface area contributed by atoms with Crippen LogP contribution in [-0.4, -0.2) is 31.7 Å².